The first-order valence-corrected chi connectivity index (χ1v) is 12.9. The number of carbonyl (C=O) groups is 1. The molecule has 0 atom stereocenters. The Morgan fingerprint density at radius 3 is 2.26 bits per heavy atom. The van der Waals surface area contributed by atoms with Gasteiger partial charge in [0.05, 0.1) is 5.56 Å². The van der Waals surface area contributed by atoms with Crippen molar-refractivity contribution >= 4 is 11.7 Å². The Kier molecular flexibility index (Phi) is 7.37. The summed E-state index contributed by atoms with van der Waals surface area (Å²) in [5, 5.41) is 0. The molecule has 5 nitrogen and oxygen atoms in total. The normalized spacial score (nSPS) is 14.0. The fourth-order valence-electron chi connectivity index (χ4n) is 4.90. The average molecular weight is 531 g/mol. The van der Waals surface area contributed by atoms with Crippen LogP contribution in [0.5, 0.6) is 0 Å². The molecule has 1 aromatic heterocycles. The van der Waals surface area contributed by atoms with E-state index in [1.807, 2.05) is 50.2 Å². The van der Waals surface area contributed by atoms with Crippen molar-refractivity contribution in [3.05, 3.63) is 112 Å². The van der Waals surface area contributed by atoms with Gasteiger partial charge < -0.3 is 9.80 Å². The molecule has 1 saturated heterocycles. The summed E-state index contributed by atoms with van der Waals surface area (Å²) in [5.74, 6) is 1.07. The maximum absolute atomic E-state index is 13.2. The second-order valence-electron chi connectivity index (χ2n) is 9.82. The van der Waals surface area contributed by atoms with Gasteiger partial charge >= 0.3 is 6.18 Å². The number of benzene rings is 3. The highest BCUT2D eigenvalue weighted by atomic mass is 19.4. The summed E-state index contributed by atoms with van der Waals surface area (Å²) < 4.78 is 39.5. The first-order valence-electron chi connectivity index (χ1n) is 12.9. The SMILES string of the molecule is Cc1cccc(-c2nc(C)c(Cc3ccccc3)c(N3CCN(C(=O)c4cccc(C(F)(F)F)c4)CC3)n2)c1. The minimum Gasteiger partial charge on any atom is -0.353 e. The molecule has 0 bridgehead atoms. The number of alkyl halides is 3. The molecule has 1 amide bonds. The highest BCUT2D eigenvalue weighted by Crippen LogP contribution is 2.31. The second kappa shape index (κ2) is 10.9. The van der Waals surface area contributed by atoms with Crippen LogP contribution in [0.4, 0.5) is 19.0 Å². The minimum absolute atomic E-state index is 0.0441. The third kappa shape index (κ3) is 5.95. The monoisotopic (exact) mass is 530 g/mol. The van der Waals surface area contributed by atoms with E-state index in [1.165, 1.54) is 12.1 Å². The van der Waals surface area contributed by atoms with E-state index in [-0.39, 0.29) is 5.56 Å². The van der Waals surface area contributed by atoms with Gasteiger partial charge in [-0.2, -0.15) is 13.2 Å². The van der Waals surface area contributed by atoms with E-state index in [1.54, 1.807) is 4.90 Å². The molecule has 200 valence electrons. The molecule has 8 heteroatoms. The van der Waals surface area contributed by atoms with Crippen LogP contribution in [0.3, 0.4) is 0 Å². The average Bonchev–Trinajstić information content (AvgIpc) is 2.94. The van der Waals surface area contributed by atoms with E-state index in [0.29, 0.717) is 38.4 Å². The number of aryl methyl sites for hydroxylation is 2. The van der Waals surface area contributed by atoms with Crippen LogP contribution in [-0.4, -0.2) is 47.0 Å². The fourth-order valence-corrected chi connectivity index (χ4v) is 4.90. The summed E-state index contributed by atoms with van der Waals surface area (Å²) in [6, 6.07) is 22.8. The van der Waals surface area contributed by atoms with Gasteiger partial charge in [-0.05, 0) is 43.7 Å². The Labute approximate surface area is 225 Å². The van der Waals surface area contributed by atoms with Crippen LogP contribution in [0.25, 0.3) is 11.4 Å². The second-order valence-corrected chi connectivity index (χ2v) is 9.82. The number of anilines is 1. The van der Waals surface area contributed by atoms with Crippen LogP contribution in [0, 0.1) is 13.8 Å². The van der Waals surface area contributed by atoms with Crippen LogP contribution >= 0.6 is 0 Å². The van der Waals surface area contributed by atoms with E-state index >= 15 is 0 Å². The molecule has 2 heterocycles. The van der Waals surface area contributed by atoms with Crippen molar-refractivity contribution in [1.29, 1.82) is 0 Å². The first kappa shape index (κ1) is 26.4. The zero-order chi connectivity index (χ0) is 27.6. The maximum atomic E-state index is 13.2. The number of amides is 1. The van der Waals surface area contributed by atoms with Gasteiger partial charge in [-0.25, -0.2) is 9.97 Å². The lowest BCUT2D eigenvalue weighted by Gasteiger charge is -2.36. The van der Waals surface area contributed by atoms with Gasteiger partial charge in [-0.1, -0.05) is 60.2 Å². The van der Waals surface area contributed by atoms with Gasteiger partial charge in [0.1, 0.15) is 5.82 Å². The van der Waals surface area contributed by atoms with E-state index < -0.39 is 17.6 Å². The summed E-state index contributed by atoms with van der Waals surface area (Å²) >= 11 is 0. The lowest BCUT2D eigenvalue weighted by molar-refractivity contribution is -0.137. The number of carbonyl (C=O) groups excluding carboxylic acids is 1. The summed E-state index contributed by atoms with van der Waals surface area (Å²) in [6.07, 6.45) is -3.83. The molecular formula is C31H29F3N4O. The Balaban J connectivity index is 1.42. The van der Waals surface area contributed by atoms with E-state index in [9.17, 15) is 18.0 Å². The Hall–Kier alpha value is -4.20. The van der Waals surface area contributed by atoms with Gasteiger partial charge in [0.15, 0.2) is 5.82 Å². The van der Waals surface area contributed by atoms with Crippen molar-refractivity contribution in [2.24, 2.45) is 0 Å². The molecular weight excluding hydrogens is 501 g/mol. The van der Waals surface area contributed by atoms with Crippen molar-refractivity contribution < 1.29 is 18.0 Å². The third-order valence-corrected chi connectivity index (χ3v) is 7.00. The predicted octanol–water partition coefficient (Wildman–Crippen LogP) is 6.33. The summed E-state index contributed by atoms with van der Waals surface area (Å²) in [5.41, 5.74) is 4.33. The molecule has 0 spiro atoms. The summed E-state index contributed by atoms with van der Waals surface area (Å²) in [4.78, 5) is 26.7. The summed E-state index contributed by atoms with van der Waals surface area (Å²) in [7, 11) is 0. The zero-order valence-corrected chi connectivity index (χ0v) is 21.9. The molecule has 0 radical (unpaired) electrons. The van der Waals surface area contributed by atoms with E-state index in [2.05, 4.69) is 23.1 Å². The Morgan fingerprint density at radius 1 is 0.846 bits per heavy atom. The Morgan fingerprint density at radius 2 is 1.56 bits per heavy atom. The Bertz CT molecular complexity index is 1480. The lowest BCUT2D eigenvalue weighted by Crippen LogP contribution is -2.49. The fraction of sp³-hybridized carbons (Fsp3) is 0.258. The molecule has 4 aromatic rings. The number of nitrogens with zero attached hydrogens (tertiary/aromatic N) is 4. The van der Waals surface area contributed by atoms with E-state index in [4.69, 9.17) is 9.97 Å². The highest BCUT2D eigenvalue weighted by Gasteiger charge is 2.32. The predicted molar refractivity (Wildman–Crippen MR) is 146 cm³/mol. The van der Waals surface area contributed by atoms with Crippen LogP contribution in [0.15, 0.2) is 78.9 Å². The molecule has 1 aliphatic heterocycles. The molecule has 1 aliphatic rings. The van der Waals surface area contributed by atoms with Crippen molar-refractivity contribution in [2.75, 3.05) is 31.1 Å². The van der Waals surface area contributed by atoms with Gasteiger partial charge in [0, 0.05) is 55.0 Å². The molecule has 5 rings (SSSR count). The number of rotatable bonds is 5. The van der Waals surface area contributed by atoms with Crippen molar-refractivity contribution in [2.45, 2.75) is 26.4 Å². The molecule has 39 heavy (non-hydrogen) atoms. The number of piperazine rings is 1. The highest BCUT2D eigenvalue weighted by molar-refractivity contribution is 5.94. The third-order valence-electron chi connectivity index (χ3n) is 7.00. The molecule has 0 unspecified atom stereocenters. The molecule has 3 aromatic carbocycles. The van der Waals surface area contributed by atoms with Gasteiger partial charge in [-0.15, -0.1) is 0 Å². The quantitative estimate of drug-likeness (QED) is 0.303. The molecule has 0 aliphatic carbocycles. The summed E-state index contributed by atoms with van der Waals surface area (Å²) in [6.45, 7) is 5.80. The van der Waals surface area contributed by atoms with Gasteiger partial charge in [0.2, 0.25) is 0 Å². The minimum atomic E-state index is -4.50. The van der Waals surface area contributed by atoms with Crippen molar-refractivity contribution in [3.63, 3.8) is 0 Å². The van der Waals surface area contributed by atoms with Gasteiger partial charge in [-0.3, -0.25) is 4.79 Å². The van der Waals surface area contributed by atoms with Crippen LogP contribution < -0.4 is 4.90 Å². The van der Waals surface area contributed by atoms with Crippen molar-refractivity contribution in [3.8, 4) is 11.4 Å². The maximum Gasteiger partial charge on any atom is 0.416 e. The van der Waals surface area contributed by atoms with Crippen molar-refractivity contribution in [1.82, 2.24) is 14.9 Å². The van der Waals surface area contributed by atoms with Gasteiger partial charge in [0.25, 0.3) is 5.91 Å². The zero-order valence-electron chi connectivity index (χ0n) is 21.9. The number of hydrogen-bond donors (Lipinski definition) is 0. The smallest absolute Gasteiger partial charge is 0.353 e. The standard InChI is InChI=1S/C31H29F3N4O/c1-21-8-6-11-24(18-21)28-35-22(2)27(19-23-9-4-3-5-10-23)29(36-28)37-14-16-38(17-15-37)30(39)25-12-7-13-26(20-25)31(32,33)34/h3-13,18,20H,14-17,19H2,1-2H3. The number of aromatic nitrogens is 2. The van der Waals surface area contributed by atoms with Crippen LogP contribution in [0.1, 0.15) is 38.3 Å². The molecule has 0 N–H and O–H groups in total. The lowest BCUT2D eigenvalue weighted by atomic mass is 10.0. The molecule has 1 fully saturated rings. The van der Waals surface area contributed by atoms with Crippen LogP contribution in [0.2, 0.25) is 0 Å². The van der Waals surface area contributed by atoms with Crippen LogP contribution in [-0.2, 0) is 12.6 Å². The topological polar surface area (TPSA) is 49.3 Å². The number of hydrogen-bond acceptors (Lipinski definition) is 4. The number of halogens is 3. The largest absolute Gasteiger partial charge is 0.416 e. The first-order chi connectivity index (χ1) is 18.7. The molecule has 0 saturated carbocycles. The van der Waals surface area contributed by atoms with E-state index in [0.717, 1.165) is 45.9 Å².